The lowest BCUT2D eigenvalue weighted by Crippen LogP contribution is -2.07. The highest BCUT2D eigenvalue weighted by Gasteiger charge is 2.04. The third-order valence-corrected chi connectivity index (χ3v) is 3.51. The number of aryl methyl sites for hydroxylation is 1. The second-order valence-corrected chi connectivity index (χ2v) is 5.32. The van der Waals surface area contributed by atoms with Crippen molar-refractivity contribution in [2.24, 2.45) is 0 Å². The fraction of sp³-hybridized carbons (Fsp3) is 0.167. The van der Waals surface area contributed by atoms with Crippen molar-refractivity contribution in [3.05, 3.63) is 58.6 Å². The summed E-state index contributed by atoms with van der Waals surface area (Å²) in [6.45, 7) is 1.98. The Bertz CT molecular complexity index is 741. The van der Waals surface area contributed by atoms with E-state index < -0.39 is 0 Å². The summed E-state index contributed by atoms with van der Waals surface area (Å²) in [7, 11) is 3.14. The minimum Gasteiger partial charge on any atom is -0.496 e. The van der Waals surface area contributed by atoms with Crippen LogP contribution in [0.5, 0.6) is 11.5 Å². The smallest absolute Gasteiger partial charge is 0.248 e. The number of nitrogens with one attached hydrogen (secondary N) is 1. The SMILES string of the molecule is COc1ccc(NC(=O)/C=C/c2cc(C)ccc2OC)cc1Cl. The van der Waals surface area contributed by atoms with E-state index in [4.69, 9.17) is 21.1 Å². The van der Waals surface area contributed by atoms with E-state index in [1.165, 1.54) is 13.2 Å². The summed E-state index contributed by atoms with van der Waals surface area (Å²) in [6, 6.07) is 10.8. The second-order valence-electron chi connectivity index (χ2n) is 4.92. The normalized spacial score (nSPS) is 10.6. The van der Waals surface area contributed by atoms with Crippen molar-refractivity contribution < 1.29 is 14.3 Å². The van der Waals surface area contributed by atoms with Gasteiger partial charge in [-0.15, -0.1) is 0 Å². The van der Waals surface area contributed by atoms with Gasteiger partial charge in [0.05, 0.1) is 19.2 Å². The maximum atomic E-state index is 12.0. The zero-order valence-corrected chi connectivity index (χ0v) is 14.0. The number of benzene rings is 2. The van der Waals surface area contributed by atoms with Crippen LogP contribution in [0.1, 0.15) is 11.1 Å². The predicted molar refractivity (Wildman–Crippen MR) is 93.4 cm³/mol. The molecule has 0 atom stereocenters. The fourth-order valence-corrected chi connectivity index (χ4v) is 2.34. The maximum Gasteiger partial charge on any atom is 0.248 e. The van der Waals surface area contributed by atoms with Gasteiger partial charge in [0.1, 0.15) is 11.5 Å². The molecule has 0 heterocycles. The highest BCUT2D eigenvalue weighted by atomic mass is 35.5. The Labute approximate surface area is 140 Å². The van der Waals surface area contributed by atoms with Crippen LogP contribution >= 0.6 is 11.6 Å². The van der Waals surface area contributed by atoms with Crippen molar-refractivity contribution in [2.45, 2.75) is 6.92 Å². The lowest BCUT2D eigenvalue weighted by Gasteiger charge is -2.07. The summed E-state index contributed by atoms with van der Waals surface area (Å²) in [5.74, 6) is 1.02. The molecule has 0 aromatic heterocycles. The molecular weight excluding hydrogens is 314 g/mol. The van der Waals surface area contributed by atoms with Crippen LogP contribution < -0.4 is 14.8 Å². The molecule has 5 heteroatoms. The molecule has 0 unspecified atom stereocenters. The summed E-state index contributed by atoms with van der Waals surface area (Å²) < 4.78 is 10.4. The van der Waals surface area contributed by atoms with Crippen LogP contribution in [-0.4, -0.2) is 20.1 Å². The van der Waals surface area contributed by atoms with Gasteiger partial charge in [0.2, 0.25) is 5.91 Å². The van der Waals surface area contributed by atoms with Gasteiger partial charge in [-0.05, 0) is 43.3 Å². The van der Waals surface area contributed by atoms with Crippen LogP contribution in [0.2, 0.25) is 5.02 Å². The van der Waals surface area contributed by atoms with Crippen LogP contribution in [0.3, 0.4) is 0 Å². The average Bonchev–Trinajstić information content (AvgIpc) is 2.53. The number of hydrogen-bond acceptors (Lipinski definition) is 3. The maximum absolute atomic E-state index is 12.0. The standard InChI is InChI=1S/C18H18ClNO3/c1-12-4-7-16(22-2)13(10-12)5-9-18(21)20-14-6-8-17(23-3)15(19)11-14/h4-11H,1-3H3,(H,20,21)/b9-5+. The van der Waals surface area contributed by atoms with E-state index >= 15 is 0 Å². The number of carbonyl (C=O) groups excluding carboxylic acids is 1. The van der Waals surface area contributed by atoms with E-state index in [2.05, 4.69) is 5.32 Å². The number of methoxy groups -OCH3 is 2. The zero-order valence-electron chi connectivity index (χ0n) is 13.2. The predicted octanol–water partition coefficient (Wildman–Crippen LogP) is 4.32. The first-order valence-corrected chi connectivity index (χ1v) is 7.38. The summed E-state index contributed by atoms with van der Waals surface area (Å²) in [4.78, 5) is 12.0. The van der Waals surface area contributed by atoms with E-state index in [0.29, 0.717) is 22.2 Å². The molecule has 1 N–H and O–H groups in total. The lowest BCUT2D eigenvalue weighted by molar-refractivity contribution is -0.111. The molecule has 0 saturated carbocycles. The molecule has 120 valence electrons. The first-order chi connectivity index (χ1) is 11.0. The molecule has 0 spiro atoms. The summed E-state index contributed by atoms with van der Waals surface area (Å²) in [5, 5.41) is 3.19. The summed E-state index contributed by atoms with van der Waals surface area (Å²) in [6.07, 6.45) is 3.17. The Kier molecular flexibility index (Phi) is 5.66. The Morgan fingerprint density at radius 3 is 2.43 bits per heavy atom. The number of carbonyl (C=O) groups is 1. The molecule has 2 rings (SSSR count). The first kappa shape index (κ1) is 16.9. The topological polar surface area (TPSA) is 47.6 Å². The largest absolute Gasteiger partial charge is 0.496 e. The second kappa shape index (κ2) is 7.70. The lowest BCUT2D eigenvalue weighted by atomic mass is 10.1. The average molecular weight is 332 g/mol. The van der Waals surface area contributed by atoms with Crippen LogP contribution in [0.25, 0.3) is 6.08 Å². The van der Waals surface area contributed by atoms with Crippen molar-refractivity contribution in [3.63, 3.8) is 0 Å². The Hall–Kier alpha value is -2.46. The van der Waals surface area contributed by atoms with E-state index in [1.54, 1.807) is 31.4 Å². The first-order valence-electron chi connectivity index (χ1n) is 7.00. The van der Waals surface area contributed by atoms with Gasteiger partial charge in [0.25, 0.3) is 0 Å². The fourth-order valence-electron chi connectivity index (χ4n) is 2.08. The molecule has 0 bridgehead atoms. The van der Waals surface area contributed by atoms with Gasteiger partial charge in [-0.3, -0.25) is 4.79 Å². The molecule has 0 fully saturated rings. The molecule has 0 radical (unpaired) electrons. The monoisotopic (exact) mass is 331 g/mol. The number of halogens is 1. The minimum atomic E-state index is -0.255. The molecule has 0 aliphatic heterocycles. The van der Waals surface area contributed by atoms with Gasteiger partial charge in [-0.2, -0.15) is 0 Å². The summed E-state index contributed by atoms with van der Waals surface area (Å²) in [5.41, 5.74) is 2.53. The highest BCUT2D eigenvalue weighted by Crippen LogP contribution is 2.27. The molecule has 0 aliphatic carbocycles. The number of rotatable bonds is 5. The van der Waals surface area contributed by atoms with Crippen LogP contribution in [0.15, 0.2) is 42.5 Å². The van der Waals surface area contributed by atoms with Gasteiger partial charge in [0.15, 0.2) is 0 Å². The van der Waals surface area contributed by atoms with Crippen molar-refractivity contribution in [3.8, 4) is 11.5 Å². The number of ether oxygens (including phenoxy) is 2. The van der Waals surface area contributed by atoms with Crippen molar-refractivity contribution in [2.75, 3.05) is 19.5 Å². The van der Waals surface area contributed by atoms with Crippen molar-refractivity contribution in [1.82, 2.24) is 0 Å². The third kappa shape index (κ3) is 4.50. The van der Waals surface area contributed by atoms with E-state index in [9.17, 15) is 4.79 Å². The number of amides is 1. The van der Waals surface area contributed by atoms with Gasteiger partial charge in [0, 0.05) is 17.3 Å². The minimum absolute atomic E-state index is 0.255. The van der Waals surface area contributed by atoms with E-state index in [1.807, 2.05) is 25.1 Å². The summed E-state index contributed by atoms with van der Waals surface area (Å²) >= 11 is 6.03. The van der Waals surface area contributed by atoms with Crippen molar-refractivity contribution >= 4 is 29.3 Å². The molecule has 0 saturated heterocycles. The molecule has 1 amide bonds. The molecular formula is C18H18ClNO3. The van der Waals surface area contributed by atoms with Crippen LogP contribution in [0.4, 0.5) is 5.69 Å². The molecule has 23 heavy (non-hydrogen) atoms. The van der Waals surface area contributed by atoms with Gasteiger partial charge in [-0.1, -0.05) is 23.2 Å². The van der Waals surface area contributed by atoms with E-state index in [0.717, 1.165) is 11.1 Å². The molecule has 2 aromatic rings. The third-order valence-electron chi connectivity index (χ3n) is 3.22. The van der Waals surface area contributed by atoms with E-state index in [-0.39, 0.29) is 5.91 Å². The quantitative estimate of drug-likeness (QED) is 0.830. The highest BCUT2D eigenvalue weighted by molar-refractivity contribution is 6.32. The van der Waals surface area contributed by atoms with Gasteiger partial charge >= 0.3 is 0 Å². The Balaban J connectivity index is 2.10. The number of hydrogen-bond donors (Lipinski definition) is 1. The Morgan fingerprint density at radius 2 is 1.78 bits per heavy atom. The number of anilines is 1. The van der Waals surface area contributed by atoms with Crippen LogP contribution in [-0.2, 0) is 4.79 Å². The molecule has 0 aliphatic rings. The van der Waals surface area contributed by atoms with Crippen molar-refractivity contribution in [1.29, 1.82) is 0 Å². The molecule has 2 aromatic carbocycles. The zero-order chi connectivity index (χ0) is 16.8. The Morgan fingerprint density at radius 1 is 1.09 bits per heavy atom. The van der Waals surface area contributed by atoms with Gasteiger partial charge < -0.3 is 14.8 Å². The molecule has 4 nitrogen and oxygen atoms in total. The van der Waals surface area contributed by atoms with Gasteiger partial charge in [-0.25, -0.2) is 0 Å². The van der Waals surface area contributed by atoms with Crippen LogP contribution in [0, 0.1) is 6.92 Å².